The van der Waals surface area contributed by atoms with E-state index in [2.05, 4.69) is 36.1 Å². The Bertz CT molecular complexity index is 428. The number of hydrogen-bond donors (Lipinski definition) is 1. The number of nitrogens with zero attached hydrogens (tertiary/aromatic N) is 2. The quantitative estimate of drug-likeness (QED) is 0.832. The number of aromatic nitrogens is 2. The van der Waals surface area contributed by atoms with Gasteiger partial charge in [0.1, 0.15) is 5.82 Å². The lowest BCUT2D eigenvalue weighted by Crippen LogP contribution is -2.19. The molecule has 1 aromatic heterocycles. The van der Waals surface area contributed by atoms with Crippen molar-refractivity contribution in [2.45, 2.75) is 65.3 Å². The summed E-state index contributed by atoms with van der Waals surface area (Å²) in [5, 5.41) is 3.34. The number of ether oxygens (including phenoxy) is 1. The molecule has 0 atom stereocenters. The van der Waals surface area contributed by atoms with Gasteiger partial charge in [-0.3, -0.25) is 0 Å². The van der Waals surface area contributed by atoms with Crippen molar-refractivity contribution in [1.82, 2.24) is 15.3 Å². The van der Waals surface area contributed by atoms with Crippen LogP contribution in [-0.4, -0.2) is 23.1 Å². The fraction of sp³-hybridized carbons (Fsp3) is 0.765. The van der Waals surface area contributed by atoms with Gasteiger partial charge in [-0.1, -0.05) is 40.0 Å². The Hall–Kier alpha value is -1.16. The third-order valence-electron chi connectivity index (χ3n) is 4.11. The molecule has 1 heterocycles. The summed E-state index contributed by atoms with van der Waals surface area (Å²) in [5.74, 6) is 2.80. The van der Waals surface area contributed by atoms with Crippen molar-refractivity contribution in [2.24, 2.45) is 5.92 Å². The zero-order valence-corrected chi connectivity index (χ0v) is 13.7. The Balaban J connectivity index is 2.01. The monoisotopic (exact) mass is 291 g/mol. The molecule has 0 spiro atoms. The van der Waals surface area contributed by atoms with E-state index in [1.165, 1.54) is 32.1 Å². The fourth-order valence-corrected chi connectivity index (χ4v) is 2.75. The van der Waals surface area contributed by atoms with Crippen LogP contribution in [-0.2, 0) is 6.54 Å². The zero-order chi connectivity index (χ0) is 15.1. The standard InChI is InChI=1S/C17H29N3O/c1-4-18-10-15-16(11-19-17(20-15)13(2)3)21-12-14-8-6-5-7-9-14/h11,13-14,18H,4-10,12H2,1-3H3. The smallest absolute Gasteiger partial charge is 0.160 e. The fourth-order valence-electron chi connectivity index (χ4n) is 2.75. The lowest BCUT2D eigenvalue weighted by atomic mass is 9.90. The van der Waals surface area contributed by atoms with Gasteiger partial charge in [0.2, 0.25) is 0 Å². The maximum atomic E-state index is 6.04. The van der Waals surface area contributed by atoms with Crippen molar-refractivity contribution in [3.63, 3.8) is 0 Å². The number of rotatable bonds is 7. The molecule has 0 saturated heterocycles. The van der Waals surface area contributed by atoms with Crippen LogP contribution in [0.5, 0.6) is 5.75 Å². The summed E-state index contributed by atoms with van der Waals surface area (Å²) in [6.07, 6.45) is 8.54. The molecule has 0 aromatic carbocycles. The predicted molar refractivity (Wildman–Crippen MR) is 85.6 cm³/mol. The summed E-state index contributed by atoms with van der Waals surface area (Å²) in [5.41, 5.74) is 0.992. The Morgan fingerprint density at radius 1 is 1.29 bits per heavy atom. The first-order chi connectivity index (χ1) is 10.2. The van der Waals surface area contributed by atoms with Gasteiger partial charge in [-0.15, -0.1) is 0 Å². The Morgan fingerprint density at radius 3 is 2.71 bits per heavy atom. The molecule has 4 heteroatoms. The van der Waals surface area contributed by atoms with Crippen molar-refractivity contribution in [1.29, 1.82) is 0 Å². The van der Waals surface area contributed by atoms with E-state index in [0.29, 0.717) is 11.8 Å². The van der Waals surface area contributed by atoms with Crippen molar-refractivity contribution in [3.8, 4) is 5.75 Å². The average Bonchev–Trinajstić information content (AvgIpc) is 2.52. The molecule has 118 valence electrons. The van der Waals surface area contributed by atoms with Crippen molar-refractivity contribution < 1.29 is 4.74 Å². The van der Waals surface area contributed by atoms with Gasteiger partial charge in [0.25, 0.3) is 0 Å². The largest absolute Gasteiger partial charge is 0.490 e. The van der Waals surface area contributed by atoms with Crippen molar-refractivity contribution in [3.05, 3.63) is 17.7 Å². The predicted octanol–water partition coefficient (Wildman–Crippen LogP) is 3.67. The normalized spacial score (nSPS) is 16.4. The van der Waals surface area contributed by atoms with Crippen LogP contribution < -0.4 is 10.1 Å². The molecule has 21 heavy (non-hydrogen) atoms. The van der Waals surface area contributed by atoms with Crippen LogP contribution in [0.4, 0.5) is 0 Å². The van der Waals surface area contributed by atoms with Gasteiger partial charge in [-0.25, -0.2) is 9.97 Å². The maximum Gasteiger partial charge on any atom is 0.160 e. The molecule has 0 aliphatic heterocycles. The van der Waals surface area contributed by atoms with Crippen LogP contribution in [0.25, 0.3) is 0 Å². The molecule has 1 fully saturated rings. The van der Waals surface area contributed by atoms with Gasteiger partial charge >= 0.3 is 0 Å². The second kappa shape index (κ2) is 8.32. The summed E-state index contributed by atoms with van der Waals surface area (Å²) in [6, 6.07) is 0. The number of hydrogen-bond acceptors (Lipinski definition) is 4. The third kappa shape index (κ3) is 4.95. The summed E-state index contributed by atoms with van der Waals surface area (Å²) in [4.78, 5) is 9.12. The van der Waals surface area contributed by atoms with E-state index < -0.39 is 0 Å². The van der Waals surface area contributed by atoms with Gasteiger partial charge in [-0.05, 0) is 25.3 Å². The van der Waals surface area contributed by atoms with E-state index in [9.17, 15) is 0 Å². The molecule has 1 aliphatic carbocycles. The minimum absolute atomic E-state index is 0.345. The highest BCUT2D eigenvalue weighted by molar-refractivity contribution is 5.25. The first kappa shape index (κ1) is 16.2. The maximum absolute atomic E-state index is 6.04. The van der Waals surface area contributed by atoms with E-state index >= 15 is 0 Å². The molecule has 0 radical (unpaired) electrons. The highest BCUT2D eigenvalue weighted by Gasteiger charge is 2.16. The lowest BCUT2D eigenvalue weighted by molar-refractivity contribution is 0.205. The third-order valence-corrected chi connectivity index (χ3v) is 4.11. The number of nitrogens with one attached hydrogen (secondary N) is 1. The van der Waals surface area contributed by atoms with E-state index in [1.807, 2.05) is 6.20 Å². The van der Waals surface area contributed by atoms with E-state index in [0.717, 1.165) is 37.0 Å². The first-order valence-electron chi connectivity index (χ1n) is 8.40. The zero-order valence-electron chi connectivity index (χ0n) is 13.7. The summed E-state index contributed by atoms with van der Waals surface area (Å²) >= 11 is 0. The van der Waals surface area contributed by atoms with Crippen molar-refractivity contribution >= 4 is 0 Å². The minimum Gasteiger partial charge on any atom is -0.490 e. The van der Waals surface area contributed by atoms with Crippen LogP contribution in [0.2, 0.25) is 0 Å². The van der Waals surface area contributed by atoms with Crippen LogP contribution in [0, 0.1) is 5.92 Å². The molecule has 1 aromatic rings. The van der Waals surface area contributed by atoms with Gasteiger partial charge in [0.15, 0.2) is 5.75 Å². The molecule has 0 bridgehead atoms. The lowest BCUT2D eigenvalue weighted by Gasteiger charge is -2.22. The second-order valence-corrected chi connectivity index (χ2v) is 6.29. The van der Waals surface area contributed by atoms with Crippen LogP contribution in [0.1, 0.15) is 70.3 Å². The van der Waals surface area contributed by atoms with Crippen molar-refractivity contribution in [2.75, 3.05) is 13.2 Å². The van der Waals surface area contributed by atoms with Gasteiger partial charge in [0.05, 0.1) is 18.5 Å². The van der Waals surface area contributed by atoms with Gasteiger partial charge < -0.3 is 10.1 Å². The molecule has 0 unspecified atom stereocenters. The van der Waals surface area contributed by atoms with Crippen LogP contribution >= 0.6 is 0 Å². The highest BCUT2D eigenvalue weighted by Crippen LogP contribution is 2.25. The minimum atomic E-state index is 0.345. The van der Waals surface area contributed by atoms with E-state index in [1.54, 1.807) is 0 Å². The average molecular weight is 291 g/mol. The van der Waals surface area contributed by atoms with Gasteiger partial charge in [-0.2, -0.15) is 0 Å². The SMILES string of the molecule is CCNCc1nc(C(C)C)ncc1OCC1CCCCC1. The first-order valence-corrected chi connectivity index (χ1v) is 8.40. The van der Waals surface area contributed by atoms with Crippen LogP contribution in [0.15, 0.2) is 6.20 Å². The molecular weight excluding hydrogens is 262 g/mol. The molecule has 2 rings (SSSR count). The molecule has 1 saturated carbocycles. The Kier molecular flexibility index (Phi) is 6.43. The molecule has 0 amide bonds. The summed E-state index contributed by atoms with van der Waals surface area (Å²) < 4.78 is 6.04. The second-order valence-electron chi connectivity index (χ2n) is 6.29. The molecular formula is C17H29N3O. The Morgan fingerprint density at radius 2 is 2.05 bits per heavy atom. The highest BCUT2D eigenvalue weighted by atomic mass is 16.5. The van der Waals surface area contributed by atoms with Gasteiger partial charge in [0, 0.05) is 12.5 Å². The molecule has 1 N–H and O–H groups in total. The summed E-state index contributed by atoms with van der Waals surface area (Å²) in [6.45, 7) is 8.84. The summed E-state index contributed by atoms with van der Waals surface area (Å²) in [7, 11) is 0. The van der Waals surface area contributed by atoms with Crippen LogP contribution in [0.3, 0.4) is 0 Å². The van der Waals surface area contributed by atoms with E-state index in [-0.39, 0.29) is 0 Å². The topological polar surface area (TPSA) is 47.0 Å². The molecule has 1 aliphatic rings. The van der Waals surface area contributed by atoms with E-state index in [4.69, 9.17) is 4.74 Å². The molecule has 4 nitrogen and oxygen atoms in total. The Labute approximate surface area is 128 Å².